The standard InChI is InChI=1S/C21H16ClN3O3S/c1-21(9-11-4-2-3-5-15(11)29-21)10-25-20(28)16-17(19(27)24-25)23-14-8-12(22)6-7-13(14)18(16)26/h2-8H,9-10H2,1H3,(H,23,26)(H,24,27). The Morgan fingerprint density at radius 3 is 2.76 bits per heavy atom. The fourth-order valence-corrected chi connectivity index (χ4v) is 5.53. The number of hydrogen-bond donors (Lipinski definition) is 2. The first kappa shape index (κ1) is 18.3. The summed E-state index contributed by atoms with van der Waals surface area (Å²) in [5, 5.41) is 3.26. The highest BCUT2D eigenvalue weighted by Crippen LogP contribution is 2.45. The second kappa shape index (κ2) is 6.37. The summed E-state index contributed by atoms with van der Waals surface area (Å²) in [6.07, 6.45) is 0.771. The Balaban J connectivity index is 1.68. The first-order valence-electron chi connectivity index (χ1n) is 9.10. The summed E-state index contributed by atoms with van der Waals surface area (Å²) < 4.78 is 0.960. The van der Waals surface area contributed by atoms with Gasteiger partial charge in [0.25, 0.3) is 11.1 Å². The number of aromatic nitrogens is 3. The van der Waals surface area contributed by atoms with E-state index in [9.17, 15) is 14.4 Å². The van der Waals surface area contributed by atoms with Crippen molar-refractivity contribution in [2.75, 3.05) is 0 Å². The van der Waals surface area contributed by atoms with Crippen LogP contribution in [0.1, 0.15) is 12.5 Å². The summed E-state index contributed by atoms with van der Waals surface area (Å²) in [5.74, 6) is 0. The van der Waals surface area contributed by atoms with Gasteiger partial charge in [0.1, 0.15) is 10.9 Å². The number of nitrogens with zero attached hydrogens (tertiary/aromatic N) is 1. The molecule has 0 aliphatic carbocycles. The van der Waals surface area contributed by atoms with Crippen molar-refractivity contribution in [3.8, 4) is 0 Å². The van der Waals surface area contributed by atoms with Crippen molar-refractivity contribution in [1.82, 2.24) is 14.8 Å². The van der Waals surface area contributed by atoms with Crippen LogP contribution in [-0.4, -0.2) is 19.5 Å². The van der Waals surface area contributed by atoms with Crippen molar-refractivity contribution < 1.29 is 0 Å². The smallest absolute Gasteiger partial charge is 0.287 e. The van der Waals surface area contributed by atoms with Crippen molar-refractivity contribution in [1.29, 1.82) is 0 Å². The SMILES string of the molecule is CC1(Cn2[nH]c(=O)c3[nH]c4cc(Cl)ccc4c(=O)c3c2=O)Cc2ccccc2S1. The van der Waals surface area contributed by atoms with Crippen molar-refractivity contribution >= 4 is 45.2 Å². The van der Waals surface area contributed by atoms with Gasteiger partial charge in [-0.25, -0.2) is 4.68 Å². The molecule has 3 heterocycles. The van der Waals surface area contributed by atoms with Crippen LogP contribution >= 0.6 is 23.4 Å². The van der Waals surface area contributed by atoms with E-state index in [1.807, 2.05) is 12.1 Å². The monoisotopic (exact) mass is 425 g/mol. The Kier molecular flexibility index (Phi) is 4.01. The summed E-state index contributed by atoms with van der Waals surface area (Å²) in [5.41, 5.74) is 0.128. The molecule has 1 unspecified atom stereocenters. The Labute approximate surface area is 173 Å². The maximum atomic E-state index is 13.2. The van der Waals surface area contributed by atoms with Crippen molar-refractivity contribution in [3.05, 3.63) is 84.0 Å². The minimum absolute atomic E-state index is 0.0291. The molecule has 29 heavy (non-hydrogen) atoms. The number of hydrogen-bond acceptors (Lipinski definition) is 4. The van der Waals surface area contributed by atoms with Crippen LogP contribution in [0.25, 0.3) is 21.8 Å². The highest BCUT2D eigenvalue weighted by atomic mass is 35.5. The molecule has 5 rings (SSSR count). The Morgan fingerprint density at radius 1 is 1.17 bits per heavy atom. The van der Waals surface area contributed by atoms with E-state index >= 15 is 0 Å². The first-order valence-corrected chi connectivity index (χ1v) is 10.3. The zero-order valence-electron chi connectivity index (χ0n) is 15.4. The molecule has 1 aliphatic heterocycles. The molecule has 0 spiro atoms. The predicted octanol–water partition coefficient (Wildman–Crippen LogP) is 3.29. The number of fused-ring (bicyclic) bond motifs is 3. The molecule has 2 aromatic carbocycles. The van der Waals surface area contributed by atoms with Crippen LogP contribution in [0.15, 0.2) is 61.7 Å². The van der Waals surface area contributed by atoms with Crippen LogP contribution < -0.4 is 16.5 Å². The molecule has 0 saturated heterocycles. The largest absolute Gasteiger partial charge is 0.350 e. The third-order valence-corrected chi connectivity index (χ3v) is 6.89. The number of thioether (sulfide) groups is 1. The number of H-pyrrole nitrogens is 2. The van der Waals surface area contributed by atoms with Gasteiger partial charge in [0.2, 0.25) is 5.43 Å². The molecule has 0 radical (unpaired) electrons. The molecule has 0 fully saturated rings. The van der Waals surface area contributed by atoms with Gasteiger partial charge in [0.05, 0.1) is 12.1 Å². The molecule has 1 aliphatic rings. The number of nitrogens with one attached hydrogen (secondary N) is 2. The van der Waals surface area contributed by atoms with Crippen molar-refractivity contribution in [2.45, 2.75) is 29.5 Å². The number of aromatic amines is 2. The molecule has 4 aromatic rings. The van der Waals surface area contributed by atoms with Crippen LogP contribution in [0, 0.1) is 0 Å². The minimum Gasteiger partial charge on any atom is -0.350 e. The molecule has 6 nitrogen and oxygen atoms in total. The fourth-order valence-electron chi connectivity index (χ4n) is 3.99. The quantitative estimate of drug-likeness (QED) is 0.482. The number of rotatable bonds is 2. The summed E-state index contributed by atoms with van der Waals surface area (Å²) in [7, 11) is 0. The molecular formula is C21H16ClN3O3S. The van der Waals surface area contributed by atoms with Crippen molar-refractivity contribution in [2.24, 2.45) is 0 Å². The van der Waals surface area contributed by atoms with E-state index in [1.54, 1.807) is 30.0 Å². The van der Waals surface area contributed by atoms with E-state index in [0.29, 0.717) is 15.9 Å². The maximum absolute atomic E-state index is 13.2. The van der Waals surface area contributed by atoms with Gasteiger partial charge in [0.15, 0.2) is 0 Å². The topological polar surface area (TPSA) is 87.7 Å². The summed E-state index contributed by atoms with van der Waals surface area (Å²) >= 11 is 7.67. The predicted molar refractivity (Wildman–Crippen MR) is 116 cm³/mol. The lowest BCUT2D eigenvalue weighted by Gasteiger charge is -2.23. The average Bonchev–Trinajstić information content (AvgIpc) is 3.01. The number of halogens is 1. The van der Waals surface area contributed by atoms with Gasteiger partial charge in [0, 0.05) is 20.1 Å². The van der Waals surface area contributed by atoms with Gasteiger partial charge >= 0.3 is 0 Å². The van der Waals surface area contributed by atoms with E-state index in [-0.39, 0.29) is 22.2 Å². The summed E-state index contributed by atoms with van der Waals surface area (Å²) in [4.78, 5) is 42.9. The van der Waals surface area contributed by atoms with Gasteiger partial charge in [-0.2, -0.15) is 0 Å². The normalized spacial score (nSPS) is 18.4. The Morgan fingerprint density at radius 2 is 1.97 bits per heavy atom. The molecule has 0 bridgehead atoms. The van der Waals surface area contributed by atoms with Crippen LogP contribution in [0.2, 0.25) is 5.02 Å². The van der Waals surface area contributed by atoms with E-state index in [0.717, 1.165) is 6.42 Å². The number of benzene rings is 2. The lowest BCUT2D eigenvalue weighted by atomic mass is 10.0. The second-order valence-electron chi connectivity index (χ2n) is 7.56. The molecule has 0 amide bonds. The summed E-state index contributed by atoms with van der Waals surface area (Å²) in [6, 6.07) is 12.8. The van der Waals surface area contributed by atoms with Gasteiger partial charge in [-0.05, 0) is 43.2 Å². The van der Waals surface area contributed by atoms with Crippen molar-refractivity contribution in [3.63, 3.8) is 0 Å². The molecule has 146 valence electrons. The molecule has 2 N–H and O–H groups in total. The molecule has 0 saturated carbocycles. The van der Waals surface area contributed by atoms with E-state index in [2.05, 4.69) is 29.1 Å². The molecule has 8 heteroatoms. The van der Waals surface area contributed by atoms with Gasteiger partial charge in [-0.15, -0.1) is 11.8 Å². The van der Waals surface area contributed by atoms with E-state index in [1.165, 1.54) is 15.1 Å². The third-order valence-electron chi connectivity index (χ3n) is 5.27. The zero-order valence-corrected chi connectivity index (χ0v) is 17.0. The van der Waals surface area contributed by atoms with Gasteiger partial charge < -0.3 is 4.98 Å². The fraction of sp³-hybridized carbons (Fsp3) is 0.190. The van der Waals surface area contributed by atoms with Gasteiger partial charge in [-0.1, -0.05) is 29.8 Å². The Hall–Kier alpha value is -2.77. The van der Waals surface area contributed by atoms with Crippen LogP contribution in [0.3, 0.4) is 0 Å². The molecule has 2 aromatic heterocycles. The van der Waals surface area contributed by atoms with E-state index < -0.39 is 16.5 Å². The summed E-state index contributed by atoms with van der Waals surface area (Å²) in [6.45, 7) is 2.34. The average molecular weight is 426 g/mol. The van der Waals surface area contributed by atoms with Crippen LogP contribution in [0.4, 0.5) is 0 Å². The number of pyridine rings is 1. The van der Waals surface area contributed by atoms with Gasteiger partial charge in [-0.3, -0.25) is 19.5 Å². The maximum Gasteiger partial charge on any atom is 0.287 e. The second-order valence-corrected chi connectivity index (χ2v) is 9.63. The van der Waals surface area contributed by atoms with E-state index in [4.69, 9.17) is 11.6 Å². The molecule has 1 atom stereocenters. The first-order chi connectivity index (χ1) is 13.8. The molecular weight excluding hydrogens is 410 g/mol. The van der Waals surface area contributed by atoms with Crippen LogP contribution in [0.5, 0.6) is 0 Å². The highest BCUT2D eigenvalue weighted by molar-refractivity contribution is 8.01. The lowest BCUT2D eigenvalue weighted by Crippen LogP contribution is -2.39. The minimum atomic E-state index is -0.511. The Bertz CT molecular complexity index is 1460. The lowest BCUT2D eigenvalue weighted by molar-refractivity contribution is 0.474. The third kappa shape index (κ3) is 2.92. The van der Waals surface area contributed by atoms with Crippen LogP contribution in [-0.2, 0) is 13.0 Å². The zero-order chi connectivity index (χ0) is 20.3. The highest BCUT2D eigenvalue weighted by Gasteiger charge is 2.35.